The van der Waals surface area contributed by atoms with E-state index >= 15 is 0 Å². The highest BCUT2D eigenvalue weighted by atomic mass is 28.3. The SMILES string of the molecule is CCOC(=O)CN1C(=O)C(O)(C[Si](C)(C)C)c2ccccc21. The second-order valence-corrected chi connectivity index (χ2v) is 12.3. The van der Waals surface area contributed by atoms with Gasteiger partial charge in [0.25, 0.3) is 5.91 Å². The van der Waals surface area contributed by atoms with Gasteiger partial charge in [-0.1, -0.05) is 37.8 Å². The molecule has 0 saturated carbocycles. The summed E-state index contributed by atoms with van der Waals surface area (Å²) in [6.07, 6.45) is 0. The molecule has 6 heteroatoms. The lowest BCUT2D eigenvalue weighted by atomic mass is 9.98. The maximum absolute atomic E-state index is 12.8. The number of hydrogen-bond donors (Lipinski definition) is 1. The maximum atomic E-state index is 12.8. The molecule has 0 radical (unpaired) electrons. The highest BCUT2D eigenvalue weighted by Gasteiger charge is 2.51. The van der Waals surface area contributed by atoms with Crippen molar-refractivity contribution in [2.75, 3.05) is 18.1 Å². The number of hydrogen-bond acceptors (Lipinski definition) is 4. The molecule has 1 aromatic carbocycles. The Morgan fingerprint density at radius 1 is 1.32 bits per heavy atom. The van der Waals surface area contributed by atoms with Gasteiger partial charge in [0.1, 0.15) is 6.54 Å². The third-order valence-corrected chi connectivity index (χ3v) is 5.19. The summed E-state index contributed by atoms with van der Waals surface area (Å²) in [4.78, 5) is 25.9. The van der Waals surface area contributed by atoms with Crippen molar-refractivity contribution in [3.8, 4) is 0 Å². The van der Waals surface area contributed by atoms with Crippen LogP contribution in [0.25, 0.3) is 0 Å². The monoisotopic (exact) mass is 321 g/mol. The van der Waals surface area contributed by atoms with Gasteiger partial charge < -0.3 is 9.84 Å². The van der Waals surface area contributed by atoms with Crippen LogP contribution >= 0.6 is 0 Å². The molecule has 0 aliphatic carbocycles. The van der Waals surface area contributed by atoms with Gasteiger partial charge in [-0.15, -0.1) is 0 Å². The number of para-hydroxylation sites is 1. The number of rotatable bonds is 5. The first kappa shape index (κ1) is 16.7. The zero-order valence-corrected chi connectivity index (χ0v) is 14.5. The number of fused-ring (bicyclic) bond motifs is 1. The molecule has 1 aliphatic rings. The fourth-order valence-electron chi connectivity index (χ4n) is 2.94. The van der Waals surface area contributed by atoms with Crippen molar-refractivity contribution >= 4 is 25.6 Å². The van der Waals surface area contributed by atoms with Crippen molar-refractivity contribution in [1.29, 1.82) is 0 Å². The van der Waals surface area contributed by atoms with Crippen molar-refractivity contribution in [3.63, 3.8) is 0 Å². The average Bonchev–Trinajstić information content (AvgIpc) is 2.60. The number of carbonyl (C=O) groups excluding carboxylic acids is 2. The van der Waals surface area contributed by atoms with E-state index in [-0.39, 0.29) is 13.2 Å². The fourth-order valence-corrected chi connectivity index (χ4v) is 4.81. The van der Waals surface area contributed by atoms with Crippen LogP contribution in [0, 0.1) is 0 Å². The molecule has 22 heavy (non-hydrogen) atoms. The van der Waals surface area contributed by atoms with Gasteiger partial charge in [-0.05, 0) is 19.0 Å². The predicted octanol–water partition coefficient (Wildman–Crippen LogP) is 2.12. The van der Waals surface area contributed by atoms with E-state index in [0.29, 0.717) is 17.3 Å². The molecule has 0 aromatic heterocycles. The largest absolute Gasteiger partial charge is 0.465 e. The summed E-state index contributed by atoms with van der Waals surface area (Å²) in [7, 11) is -1.70. The van der Waals surface area contributed by atoms with Crippen molar-refractivity contribution in [1.82, 2.24) is 0 Å². The molecule has 2 rings (SSSR count). The number of ether oxygens (including phenoxy) is 1. The van der Waals surface area contributed by atoms with Crippen LogP contribution in [0.4, 0.5) is 5.69 Å². The summed E-state index contributed by atoms with van der Waals surface area (Å²) >= 11 is 0. The average molecular weight is 321 g/mol. The summed E-state index contributed by atoms with van der Waals surface area (Å²) in [6, 6.07) is 7.54. The van der Waals surface area contributed by atoms with E-state index in [2.05, 4.69) is 19.6 Å². The quantitative estimate of drug-likeness (QED) is 0.666. The molecule has 1 unspecified atom stereocenters. The van der Waals surface area contributed by atoms with Gasteiger partial charge in [0.05, 0.1) is 12.3 Å². The number of amides is 1. The molecule has 1 N–H and O–H groups in total. The first-order valence-electron chi connectivity index (χ1n) is 7.48. The van der Waals surface area contributed by atoms with Crippen molar-refractivity contribution < 1.29 is 19.4 Å². The van der Waals surface area contributed by atoms with Crippen LogP contribution in [0.5, 0.6) is 0 Å². The number of aliphatic hydroxyl groups is 1. The van der Waals surface area contributed by atoms with Gasteiger partial charge in [-0.2, -0.15) is 0 Å². The molecule has 0 fully saturated rings. The maximum Gasteiger partial charge on any atom is 0.326 e. The molecular formula is C16H23NO4Si. The Balaban J connectivity index is 2.40. The third-order valence-electron chi connectivity index (χ3n) is 3.62. The molecule has 120 valence electrons. The zero-order valence-electron chi connectivity index (χ0n) is 13.5. The molecule has 1 aromatic rings. The number of carbonyl (C=O) groups is 2. The van der Waals surface area contributed by atoms with E-state index in [4.69, 9.17) is 4.74 Å². The van der Waals surface area contributed by atoms with Crippen molar-refractivity contribution in [3.05, 3.63) is 29.8 Å². The predicted molar refractivity (Wildman–Crippen MR) is 87.5 cm³/mol. The Bertz CT molecular complexity index is 596. The van der Waals surface area contributed by atoms with E-state index in [0.717, 1.165) is 0 Å². The van der Waals surface area contributed by atoms with E-state index in [1.807, 2.05) is 0 Å². The lowest BCUT2D eigenvalue weighted by Crippen LogP contribution is -2.46. The first-order valence-corrected chi connectivity index (χ1v) is 11.2. The van der Waals surface area contributed by atoms with Crippen LogP contribution < -0.4 is 4.90 Å². The van der Waals surface area contributed by atoms with Gasteiger partial charge in [0.15, 0.2) is 5.60 Å². The van der Waals surface area contributed by atoms with Gasteiger partial charge in [0, 0.05) is 13.6 Å². The Morgan fingerprint density at radius 3 is 2.55 bits per heavy atom. The smallest absolute Gasteiger partial charge is 0.326 e. The minimum atomic E-state index is -1.70. The van der Waals surface area contributed by atoms with Crippen molar-refractivity contribution in [2.45, 2.75) is 38.2 Å². The van der Waals surface area contributed by atoms with Crippen LogP contribution in [-0.2, 0) is 19.9 Å². The van der Waals surface area contributed by atoms with Crippen LogP contribution in [0.15, 0.2) is 24.3 Å². The van der Waals surface area contributed by atoms with E-state index < -0.39 is 25.6 Å². The molecular weight excluding hydrogens is 298 g/mol. The Hall–Kier alpha value is -1.66. The van der Waals surface area contributed by atoms with Crippen LogP contribution in [0.3, 0.4) is 0 Å². The van der Waals surface area contributed by atoms with Gasteiger partial charge in [-0.3, -0.25) is 14.5 Å². The van der Waals surface area contributed by atoms with Crippen LogP contribution in [-0.4, -0.2) is 38.2 Å². The van der Waals surface area contributed by atoms with Crippen LogP contribution in [0.2, 0.25) is 25.7 Å². The van der Waals surface area contributed by atoms with E-state index in [9.17, 15) is 14.7 Å². The number of nitrogens with zero attached hydrogens (tertiary/aromatic N) is 1. The Labute approximate surface area is 131 Å². The molecule has 1 heterocycles. The second kappa shape index (κ2) is 5.85. The standard InChI is InChI=1S/C16H23NO4Si/c1-5-21-14(18)10-17-13-9-7-6-8-12(13)16(20,15(17)19)11-22(2,3)4/h6-9,20H,5,10-11H2,1-4H3. The van der Waals surface area contributed by atoms with Gasteiger partial charge in [0.2, 0.25) is 0 Å². The molecule has 0 spiro atoms. The zero-order chi connectivity index (χ0) is 16.5. The fraction of sp³-hybridized carbons (Fsp3) is 0.500. The number of esters is 1. The Kier molecular flexibility index (Phi) is 4.44. The molecule has 1 aliphatic heterocycles. The minimum Gasteiger partial charge on any atom is -0.465 e. The Morgan fingerprint density at radius 2 is 1.95 bits per heavy atom. The lowest BCUT2D eigenvalue weighted by molar-refractivity contribution is -0.144. The second-order valence-electron chi connectivity index (χ2n) is 6.81. The highest BCUT2D eigenvalue weighted by molar-refractivity contribution is 6.76. The number of benzene rings is 1. The molecule has 0 saturated heterocycles. The van der Waals surface area contributed by atoms with E-state index in [1.165, 1.54) is 4.90 Å². The molecule has 1 amide bonds. The summed E-state index contributed by atoms with van der Waals surface area (Å²) < 4.78 is 4.93. The normalized spacial score (nSPS) is 21.0. The van der Waals surface area contributed by atoms with E-state index in [1.54, 1.807) is 31.2 Å². The molecule has 5 nitrogen and oxygen atoms in total. The summed E-state index contributed by atoms with van der Waals surface area (Å²) in [6.45, 7) is 8.14. The third kappa shape index (κ3) is 3.07. The highest BCUT2D eigenvalue weighted by Crippen LogP contribution is 2.44. The van der Waals surface area contributed by atoms with Gasteiger partial charge >= 0.3 is 5.97 Å². The summed E-state index contributed by atoms with van der Waals surface area (Å²) in [5.41, 5.74) is -0.346. The number of anilines is 1. The van der Waals surface area contributed by atoms with Crippen LogP contribution in [0.1, 0.15) is 12.5 Å². The van der Waals surface area contributed by atoms with Gasteiger partial charge in [-0.25, -0.2) is 0 Å². The first-order chi connectivity index (χ1) is 10.2. The summed E-state index contributed by atoms with van der Waals surface area (Å²) in [5, 5.41) is 11.1. The van der Waals surface area contributed by atoms with Crippen molar-refractivity contribution in [2.24, 2.45) is 0 Å². The minimum absolute atomic E-state index is 0.169. The lowest BCUT2D eigenvalue weighted by Gasteiger charge is -2.29. The molecule has 0 bridgehead atoms. The topological polar surface area (TPSA) is 66.8 Å². The summed E-state index contributed by atoms with van der Waals surface area (Å²) in [5.74, 6) is -0.896. The molecule has 1 atom stereocenters.